The Morgan fingerprint density at radius 3 is 2.33 bits per heavy atom. The third-order valence-electron chi connectivity index (χ3n) is 2.21. The first-order valence-corrected chi connectivity index (χ1v) is 6.63. The molecule has 1 aromatic carbocycles. The molecule has 5 N–H and O–H groups in total. The van der Waals surface area contributed by atoms with Crippen molar-refractivity contribution in [3.05, 3.63) is 29.8 Å². The maximum absolute atomic E-state index is 10.6. The summed E-state index contributed by atoms with van der Waals surface area (Å²) in [5.41, 5.74) is 6.16. The molecule has 0 unspecified atom stereocenters. The van der Waals surface area contributed by atoms with Gasteiger partial charge in [-0.25, -0.2) is 4.57 Å². The Balaban J connectivity index is 2.55. The van der Waals surface area contributed by atoms with Crippen molar-refractivity contribution in [2.75, 3.05) is 0 Å². The Morgan fingerprint density at radius 1 is 1.33 bits per heavy atom. The number of aryl methyl sites for hydroxylation is 1. The third-order valence-corrected chi connectivity index (χ3v) is 2.66. The van der Waals surface area contributed by atoms with Crippen LogP contribution < -0.4 is 10.3 Å². The predicted octanol–water partition coefficient (Wildman–Crippen LogP) is 0.503. The van der Waals surface area contributed by atoms with Crippen LogP contribution in [0.4, 0.5) is 0 Å². The van der Waals surface area contributed by atoms with Crippen molar-refractivity contribution in [2.24, 2.45) is 5.73 Å². The van der Waals surface area contributed by atoms with E-state index in [1.54, 1.807) is 12.1 Å². The average molecular weight is 275 g/mol. The molecule has 0 fully saturated rings. The summed E-state index contributed by atoms with van der Waals surface area (Å²) in [6, 6.07) is 5.08. The van der Waals surface area contributed by atoms with Crippen LogP contribution >= 0.6 is 7.82 Å². The maximum Gasteiger partial charge on any atom is 0.524 e. The van der Waals surface area contributed by atoms with Gasteiger partial charge in [0.15, 0.2) is 0 Å². The molecular formula is C10H14NO6P. The second kappa shape index (κ2) is 5.97. The summed E-state index contributed by atoms with van der Waals surface area (Å²) in [5, 5.41) is 8.60. The molecule has 0 amide bonds. The highest BCUT2D eigenvalue weighted by Crippen LogP contribution is 2.37. The van der Waals surface area contributed by atoms with Gasteiger partial charge in [0, 0.05) is 0 Å². The van der Waals surface area contributed by atoms with Crippen LogP contribution in [0.5, 0.6) is 5.75 Å². The van der Waals surface area contributed by atoms with Gasteiger partial charge in [-0.15, -0.1) is 0 Å². The van der Waals surface area contributed by atoms with E-state index in [4.69, 9.17) is 20.6 Å². The van der Waals surface area contributed by atoms with Crippen molar-refractivity contribution in [2.45, 2.75) is 18.9 Å². The number of carboxylic acids is 1. The minimum Gasteiger partial charge on any atom is -0.480 e. The molecule has 18 heavy (non-hydrogen) atoms. The topological polar surface area (TPSA) is 130 Å². The highest BCUT2D eigenvalue weighted by molar-refractivity contribution is 7.46. The number of benzene rings is 1. The fourth-order valence-corrected chi connectivity index (χ4v) is 1.70. The van der Waals surface area contributed by atoms with E-state index in [0.717, 1.165) is 5.56 Å². The number of hydrogen-bond donors (Lipinski definition) is 4. The SMILES string of the molecule is N[C@@H](CCc1ccc(OP(=O)(O)O)cc1)C(=O)O. The van der Waals surface area contributed by atoms with Crippen LogP contribution in [0.2, 0.25) is 0 Å². The van der Waals surface area contributed by atoms with Gasteiger partial charge in [0.25, 0.3) is 0 Å². The Morgan fingerprint density at radius 2 is 1.89 bits per heavy atom. The van der Waals surface area contributed by atoms with Crippen molar-refractivity contribution in [3.8, 4) is 5.75 Å². The van der Waals surface area contributed by atoms with Crippen LogP contribution in [-0.4, -0.2) is 26.9 Å². The first kappa shape index (κ1) is 14.7. The number of hydrogen-bond acceptors (Lipinski definition) is 4. The van der Waals surface area contributed by atoms with Crippen molar-refractivity contribution in [1.29, 1.82) is 0 Å². The molecule has 0 heterocycles. The monoisotopic (exact) mass is 275 g/mol. The standard InChI is InChI=1S/C10H14NO6P/c11-9(10(12)13)6-3-7-1-4-8(5-2-7)17-18(14,15)16/h1-2,4-5,9H,3,6,11H2,(H,12,13)(H2,14,15,16)/t9-/m0/s1. The lowest BCUT2D eigenvalue weighted by Crippen LogP contribution is -2.30. The Hall–Kier alpha value is -1.40. The molecule has 0 bridgehead atoms. The van der Waals surface area contributed by atoms with Gasteiger partial charge in [0.1, 0.15) is 11.8 Å². The molecule has 0 aromatic heterocycles. The smallest absolute Gasteiger partial charge is 0.480 e. The summed E-state index contributed by atoms with van der Waals surface area (Å²) in [7, 11) is -4.54. The van der Waals surface area contributed by atoms with E-state index in [1.165, 1.54) is 12.1 Å². The van der Waals surface area contributed by atoms with Gasteiger partial charge in [0.2, 0.25) is 0 Å². The molecular weight excluding hydrogens is 261 g/mol. The van der Waals surface area contributed by atoms with Gasteiger partial charge >= 0.3 is 13.8 Å². The molecule has 0 saturated heterocycles. The number of aliphatic carboxylic acids is 1. The second-order valence-electron chi connectivity index (χ2n) is 3.71. The lowest BCUT2D eigenvalue weighted by Gasteiger charge is -2.08. The molecule has 0 aliphatic heterocycles. The van der Waals surface area contributed by atoms with E-state index in [2.05, 4.69) is 4.52 Å². The lowest BCUT2D eigenvalue weighted by atomic mass is 10.1. The summed E-state index contributed by atoms with van der Waals surface area (Å²) < 4.78 is 14.9. The van der Waals surface area contributed by atoms with Crippen molar-refractivity contribution in [1.82, 2.24) is 0 Å². The molecule has 1 aromatic rings. The molecule has 0 saturated carbocycles. The summed E-state index contributed by atoms with van der Waals surface area (Å²) in [5.74, 6) is -1.01. The zero-order valence-electron chi connectivity index (χ0n) is 9.39. The summed E-state index contributed by atoms with van der Waals surface area (Å²) in [6.45, 7) is 0. The number of rotatable bonds is 6. The minimum atomic E-state index is -4.54. The molecule has 100 valence electrons. The van der Waals surface area contributed by atoms with Crippen LogP contribution in [0.3, 0.4) is 0 Å². The van der Waals surface area contributed by atoms with Crippen LogP contribution in [0.1, 0.15) is 12.0 Å². The third kappa shape index (κ3) is 5.29. The maximum atomic E-state index is 10.6. The first-order chi connectivity index (χ1) is 8.28. The molecule has 8 heteroatoms. The van der Waals surface area contributed by atoms with Crippen molar-refractivity contribution in [3.63, 3.8) is 0 Å². The minimum absolute atomic E-state index is 0.0506. The Kier molecular flexibility index (Phi) is 4.86. The lowest BCUT2D eigenvalue weighted by molar-refractivity contribution is -0.138. The van der Waals surface area contributed by atoms with Crippen LogP contribution in [0.25, 0.3) is 0 Å². The van der Waals surface area contributed by atoms with E-state index in [-0.39, 0.29) is 12.2 Å². The number of phosphoric ester groups is 1. The number of phosphoric acid groups is 1. The Labute approximate surface area is 103 Å². The highest BCUT2D eigenvalue weighted by atomic mass is 31.2. The van der Waals surface area contributed by atoms with Crippen LogP contribution in [-0.2, 0) is 15.8 Å². The van der Waals surface area contributed by atoms with Crippen LogP contribution in [0, 0.1) is 0 Å². The van der Waals surface area contributed by atoms with Gasteiger partial charge in [-0.1, -0.05) is 12.1 Å². The molecule has 1 rings (SSSR count). The van der Waals surface area contributed by atoms with Gasteiger partial charge in [-0.2, -0.15) is 0 Å². The number of nitrogens with two attached hydrogens (primary N) is 1. The molecule has 0 aliphatic rings. The molecule has 0 aliphatic carbocycles. The van der Waals surface area contributed by atoms with E-state index in [9.17, 15) is 9.36 Å². The first-order valence-electron chi connectivity index (χ1n) is 5.10. The second-order valence-corrected chi connectivity index (χ2v) is 4.87. The number of carbonyl (C=O) groups is 1. The quantitative estimate of drug-likeness (QED) is 0.556. The van der Waals surface area contributed by atoms with Gasteiger partial charge < -0.3 is 15.4 Å². The summed E-state index contributed by atoms with van der Waals surface area (Å²) in [4.78, 5) is 27.7. The molecule has 7 nitrogen and oxygen atoms in total. The fraction of sp³-hybridized carbons (Fsp3) is 0.300. The van der Waals surface area contributed by atoms with Crippen molar-refractivity contribution >= 4 is 13.8 Å². The molecule has 1 atom stereocenters. The van der Waals surface area contributed by atoms with Crippen molar-refractivity contribution < 1.29 is 28.8 Å². The Bertz CT molecular complexity index is 454. The zero-order valence-corrected chi connectivity index (χ0v) is 10.3. The van der Waals surface area contributed by atoms with Gasteiger partial charge in [-0.05, 0) is 30.5 Å². The zero-order chi connectivity index (χ0) is 13.8. The fourth-order valence-electron chi connectivity index (χ4n) is 1.30. The van der Waals surface area contributed by atoms with E-state index < -0.39 is 19.8 Å². The van der Waals surface area contributed by atoms with Crippen LogP contribution in [0.15, 0.2) is 24.3 Å². The molecule has 0 radical (unpaired) electrons. The molecule has 0 spiro atoms. The normalized spacial score (nSPS) is 13.1. The summed E-state index contributed by atoms with van der Waals surface area (Å²) >= 11 is 0. The van der Waals surface area contributed by atoms with Gasteiger partial charge in [0.05, 0.1) is 0 Å². The summed E-state index contributed by atoms with van der Waals surface area (Å²) in [6.07, 6.45) is 0.748. The number of carboxylic acid groups (broad SMARTS) is 1. The average Bonchev–Trinajstić information content (AvgIpc) is 2.25. The largest absolute Gasteiger partial charge is 0.524 e. The van der Waals surface area contributed by atoms with E-state index in [0.29, 0.717) is 6.42 Å². The van der Waals surface area contributed by atoms with Gasteiger partial charge in [-0.3, -0.25) is 14.6 Å². The predicted molar refractivity (Wildman–Crippen MR) is 63.0 cm³/mol. The highest BCUT2D eigenvalue weighted by Gasteiger charge is 2.15. The van der Waals surface area contributed by atoms with E-state index >= 15 is 0 Å². The van der Waals surface area contributed by atoms with E-state index in [1.807, 2.05) is 0 Å².